The number of thiazole rings is 1. The monoisotopic (exact) mass is 298 g/mol. The molecule has 0 spiro atoms. The van der Waals surface area contributed by atoms with Crippen molar-refractivity contribution in [1.82, 2.24) is 10.3 Å². The van der Waals surface area contributed by atoms with E-state index in [-0.39, 0.29) is 12.3 Å². The molecule has 4 nitrogen and oxygen atoms in total. The van der Waals surface area contributed by atoms with Crippen molar-refractivity contribution >= 4 is 17.2 Å². The highest BCUT2D eigenvalue weighted by Crippen LogP contribution is 2.23. The number of hydrogen-bond donors (Lipinski definition) is 2. The van der Waals surface area contributed by atoms with E-state index in [2.05, 4.69) is 10.3 Å². The van der Waals surface area contributed by atoms with Crippen molar-refractivity contribution in [3.63, 3.8) is 0 Å². The van der Waals surface area contributed by atoms with Crippen LogP contribution in [0.1, 0.15) is 61.5 Å². The molecule has 0 bridgehead atoms. The van der Waals surface area contributed by atoms with E-state index in [0.717, 1.165) is 23.5 Å². The first-order valence-electron chi connectivity index (χ1n) is 7.32. The van der Waals surface area contributed by atoms with Gasteiger partial charge in [0.1, 0.15) is 5.01 Å². The number of amides is 1. The van der Waals surface area contributed by atoms with Gasteiger partial charge >= 0.3 is 0 Å². The molecule has 5 heteroatoms. The summed E-state index contributed by atoms with van der Waals surface area (Å²) in [6.45, 7) is 8.50. The van der Waals surface area contributed by atoms with Gasteiger partial charge in [-0.3, -0.25) is 4.79 Å². The van der Waals surface area contributed by atoms with E-state index in [9.17, 15) is 9.90 Å². The Labute approximate surface area is 125 Å². The summed E-state index contributed by atoms with van der Waals surface area (Å²) < 4.78 is 0. The van der Waals surface area contributed by atoms with Gasteiger partial charge in [-0.1, -0.05) is 26.7 Å². The molecular weight excluding hydrogens is 272 g/mol. The van der Waals surface area contributed by atoms with Gasteiger partial charge in [0.2, 0.25) is 5.91 Å². The molecule has 1 heterocycles. The van der Waals surface area contributed by atoms with Crippen LogP contribution >= 0.6 is 11.3 Å². The van der Waals surface area contributed by atoms with Gasteiger partial charge in [0, 0.05) is 4.88 Å². The Hall–Kier alpha value is -0.940. The summed E-state index contributed by atoms with van der Waals surface area (Å²) in [6, 6.07) is 0. The van der Waals surface area contributed by atoms with Crippen molar-refractivity contribution in [3.8, 4) is 0 Å². The third-order valence-electron chi connectivity index (χ3n) is 3.43. The van der Waals surface area contributed by atoms with Crippen LogP contribution in [0.5, 0.6) is 0 Å². The number of carbonyl (C=O) groups excluding carboxylic acids is 1. The number of carbonyl (C=O) groups is 1. The Morgan fingerprint density at radius 1 is 1.30 bits per heavy atom. The Balaban J connectivity index is 2.49. The van der Waals surface area contributed by atoms with Gasteiger partial charge in [0.25, 0.3) is 0 Å². The van der Waals surface area contributed by atoms with Crippen LogP contribution in [0, 0.1) is 13.8 Å². The zero-order chi connectivity index (χ0) is 15.2. The van der Waals surface area contributed by atoms with E-state index < -0.39 is 5.60 Å². The molecule has 1 aromatic rings. The molecule has 0 aromatic carbocycles. The molecule has 1 rings (SSSR count). The van der Waals surface area contributed by atoms with Crippen molar-refractivity contribution in [2.75, 3.05) is 0 Å². The van der Waals surface area contributed by atoms with E-state index >= 15 is 0 Å². The Morgan fingerprint density at radius 3 is 2.35 bits per heavy atom. The molecule has 0 saturated heterocycles. The highest BCUT2D eigenvalue weighted by Gasteiger charge is 2.28. The molecule has 0 radical (unpaired) electrons. The second-order valence-corrected chi connectivity index (χ2v) is 6.71. The highest BCUT2D eigenvalue weighted by molar-refractivity contribution is 7.11. The minimum absolute atomic E-state index is 0.0973. The molecule has 0 fully saturated rings. The third kappa shape index (κ3) is 5.21. The molecule has 0 aliphatic carbocycles. The lowest BCUT2D eigenvalue weighted by Crippen LogP contribution is -2.36. The largest absolute Gasteiger partial charge is 0.389 e. The number of rotatable bonds is 8. The number of aryl methyl sites for hydroxylation is 2. The summed E-state index contributed by atoms with van der Waals surface area (Å²) in [5, 5.41) is 14.2. The van der Waals surface area contributed by atoms with Gasteiger partial charge in [0.05, 0.1) is 24.3 Å². The molecule has 0 saturated carbocycles. The maximum absolute atomic E-state index is 12.0. The van der Waals surface area contributed by atoms with Crippen LogP contribution in [0.25, 0.3) is 0 Å². The Morgan fingerprint density at radius 2 is 1.90 bits per heavy atom. The van der Waals surface area contributed by atoms with E-state index in [1.807, 2.05) is 27.7 Å². The molecule has 20 heavy (non-hydrogen) atoms. The van der Waals surface area contributed by atoms with Crippen LogP contribution in [0.15, 0.2) is 0 Å². The molecule has 2 N–H and O–H groups in total. The number of aromatic nitrogens is 1. The van der Waals surface area contributed by atoms with Gasteiger partial charge in [-0.15, -0.1) is 11.3 Å². The summed E-state index contributed by atoms with van der Waals surface area (Å²) in [4.78, 5) is 17.6. The Kier molecular flexibility index (Phi) is 6.62. The zero-order valence-electron chi connectivity index (χ0n) is 13.0. The van der Waals surface area contributed by atoms with Gasteiger partial charge < -0.3 is 10.4 Å². The fourth-order valence-electron chi connectivity index (χ4n) is 2.38. The van der Waals surface area contributed by atoms with Crippen LogP contribution < -0.4 is 5.32 Å². The van der Waals surface area contributed by atoms with Crippen molar-refractivity contribution < 1.29 is 9.90 Å². The smallest absolute Gasteiger partial charge is 0.223 e. The van der Waals surface area contributed by atoms with Gasteiger partial charge in [-0.25, -0.2) is 4.98 Å². The van der Waals surface area contributed by atoms with Crippen molar-refractivity contribution in [1.29, 1.82) is 0 Å². The van der Waals surface area contributed by atoms with E-state index in [1.165, 1.54) is 4.88 Å². The van der Waals surface area contributed by atoms with Crippen molar-refractivity contribution in [2.24, 2.45) is 0 Å². The average molecular weight is 298 g/mol. The average Bonchev–Trinajstić information content (AvgIpc) is 2.66. The lowest BCUT2D eigenvalue weighted by molar-refractivity contribution is -0.126. The molecule has 0 aliphatic heterocycles. The fourth-order valence-corrected chi connectivity index (χ4v) is 3.26. The van der Waals surface area contributed by atoms with Crippen molar-refractivity contribution in [3.05, 3.63) is 15.6 Å². The topological polar surface area (TPSA) is 62.2 Å². The molecule has 1 amide bonds. The summed E-state index contributed by atoms with van der Waals surface area (Å²) in [6.07, 6.45) is 3.29. The van der Waals surface area contributed by atoms with E-state index in [0.29, 0.717) is 19.4 Å². The fraction of sp³-hybridized carbons (Fsp3) is 0.733. The maximum Gasteiger partial charge on any atom is 0.223 e. The molecule has 114 valence electrons. The number of hydrogen-bond acceptors (Lipinski definition) is 4. The van der Waals surface area contributed by atoms with E-state index in [1.54, 1.807) is 11.3 Å². The normalized spacial score (nSPS) is 11.7. The third-order valence-corrected chi connectivity index (χ3v) is 4.50. The molecule has 1 aromatic heterocycles. The number of aliphatic hydroxyl groups is 1. The van der Waals surface area contributed by atoms with Crippen LogP contribution in [0.4, 0.5) is 0 Å². The summed E-state index contributed by atoms with van der Waals surface area (Å²) >= 11 is 1.61. The quantitative estimate of drug-likeness (QED) is 0.775. The minimum Gasteiger partial charge on any atom is -0.389 e. The highest BCUT2D eigenvalue weighted by atomic mass is 32.1. The van der Waals surface area contributed by atoms with Crippen LogP contribution in [-0.2, 0) is 11.3 Å². The Bertz CT molecular complexity index is 418. The predicted octanol–water partition coefficient (Wildman–Crippen LogP) is 3.10. The minimum atomic E-state index is -0.859. The second kappa shape index (κ2) is 7.74. The van der Waals surface area contributed by atoms with Gasteiger partial charge in [-0.2, -0.15) is 0 Å². The molecule has 0 atom stereocenters. The first kappa shape index (κ1) is 17.1. The molecular formula is C15H26N2O2S. The summed E-state index contributed by atoms with van der Waals surface area (Å²) in [5.74, 6) is -0.0973. The lowest BCUT2D eigenvalue weighted by atomic mass is 9.89. The zero-order valence-corrected chi connectivity index (χ0v) is 13.8. The SMILES string of the molecule is CCCC(O)(CCC)CC(=O)NCc1nc(C)c(C)s1. The standard InChI is InChI=1S/C15H26N2O2S/c1-5-7-15(19,8-6-2)9-13(18)16-10-14-17-11(3)12(4)20-14/h19H,5-10H2,1-4H3,(H,16,18). The number of nitrogens with zero attached hydrogens (tertiary/aromatic N) is 1. The van der Waals surface area contributed by atoms with E-state index in [4.69, 9.17) is 0 Å². The van der Waals surface area contributed by atoms with Crippen molar-refractivity contribution in [2.45, 2.75) is 71.9 Å². The number of nitrogens with one attached hydrogen (secondary N) is 1. The van der Waals surface area contributed by atoms with Gasteiger partial charge in [0.15, 0.2) is 0 Å². The molecule has 0 aliphatic rings. The van der Waals surface area contributed by atoms with Crippen LogP contribution in [0.2, 0.25) is 0 Å². The molecule has 0 unspecified atom stereocenters. The second-order valence-electron chi connectivity index (χ2n) is 5.43. The van der Waals surface area contributed by atoms with Crippen LogP contribution in [0.3, 0.4) is 0 Å². The summed E-state index contributed by atoms with van der Waals surface area (Å²) in [7, 11) is 0. The predicted molar refractivity (Wildman–Crippen MR) is 82.8 cm³/mol. The maximum atomic E-state index is 12.0. The summed E-state index contributed by atoms with van der Waals surface area (Å²) in [5.41, 5.74) is 0.162. The van der Waals surface area contributed by atoms with Crippen LogP contribution in [-0.4, -0.2) is 21.6 Å². The first-order valence-corrected chi connectivity index (χ1v) is 8.14. The first-order chi connectivity index (χ1) is 9.40. The lowest BCUT2D eigenvalue weighted by Gasteiger charge is -2.26. The van der Waals surface area contributed by atoms with Gasteiger partial charge in [-0.05, 0) is 26.7 Å².